The Hall–Kier alpha value is -2.43. The molecule has 168 valence electrons. The number of guanidine groups is 1. The number of nitrogens with one attached hydrogen (secondary N) is 3. The second-order valence-corrected chi connectivity index (χ2v) is 7.30. The van der Waals surface area contributed by atoms with Crippen molar-refractivity contribution in [3.63, 3.8) is 0 Å². The zero-order chi connectivity index (χ0) is 21.5. The fourth-order valence-corrected chi connectivity index (χ4v) is 3.51. The molecule has 0 aliphatic carbocycles. The molecule has 1 heterocycles. The smallest absolute Gasteiger partial charge is 0.221 e. The summed E-state index contributed by atoms with van der Waals surface area (Å²) in [7, 11) is 1.71. The molecule has 6 nitrogen and oxygen atoms in total. The molecule has 2 aromatic rings. The molecule has 1 unspecified atom stereocenters. The van der Waals surface area contributed by atoms with Crippen molar-refractivity contribution in [3.05, 3.63) is 59.7 Å². The van der Waals surface area contributed by atoms with Crippen LogP contribution in [0, 0.1) is 11.6 Å². The van der Waals surface area contributed by atoms with E-state index in [4.69, 9.17) is 0 Å². The Balaban J connectivity index is 0.00000341. The van der Waals surface area contributed by atoms with E-state index >= 15 is 0 Å². The van der Waals surface area contributed by atoms with Gasteiger partial charge < -0.3 is 20.9 Å². The fourth-order valence-electron chi connectivity index (χ4n) is 3.51. The van der Waals surface area contributed by atoms with Crippen LogP contribution in [0.1, 0.15) is 18.9 Å². The van der Waals surface area contributed by atoms with Gasteiger partial charge in [-0.15, -0.1) is 24.0 Å². The first-order valence-electron chi connectivity index (χ1n) is 9.98. The SMILES string of the molecule is CN=C(NCCc1ccc(NC(C)=O)cc1)NC1CCN(c2ccc(F)cc2F)C1.I. The maximum absolute atomic E-state index is 14.0. The lowest BCUT2D eigenvalue weighted by Gasteiger charge is -2.21. The Morgan fingerprint density at radius 3 is 2.58 bits per heavy atom. The molecule has 31 heavy (non-hydrogen) atoms. The molecule has 0 saturated carbocycles. The predicted octanol–water partition coefficient (Wildman–Crippen LogP) is 3.53. The van der Waals surface area contributed by atoms with Crippen LogP contribution in [0.15, 0.2) is 47.5 Å². The normalized spacial score (nSPS) is 15.9. The first-order valence-corrected chi connectivity index (χ1v) is 9.98. The van der Waals surface area contributed by atoms with Gasteiger partial charge in [-0.2, -0.15) is 0 Å². The Kier molecular flexibility index (Phi) is 9.47. The van der Waals surface area contributed by atoms with Crippen molar-refractivity contribution >= 4 is 47.2 Å². The second-order valence-electron chi connectivity index (χ2n) is 7.30. The van der Waals surface area contributed by atoms with Crippen molar-refractivity contribution in [2.45, 2.75) is 25.8 Å². The average Bonchev–Trinajstić information content (AvgIpc) is 3.16. The first kappa shape index (κ1) is 24.8. The number of benzene rings is 2. The molecule has 0 aromatic heterocycles. The zero-order valence-electron chi connectivity index (χ0n) is 17.6. The maximum atomic E-state index is 14.0. The summed E-state index contributed by atoms with van der Waals surface area (Å²) in [4.78, 5) is 17.2. The standard InChI is InChI=1S/C22H27F2N5O.HI/c1-15(30)27-18-6-3-16(4-7-18)9-11-26-22(25-2)28-19-10-12-29(14-19)21-8-5-17(23)13-20(21)24;/h3-8,13,19H,9-12,14H2,1-2H3,(H,27,30)(H2,25,26,28);1H. The molecule has 3 N–H and O–H groups in total. The number of rotatable bonds is 6. The molecular formula is C22H28F2IN5O. The molecular weight excluding hydrogens is 515 g/mol. The third-order valence-electron chi connectivity index (χ3n) is 4.98. The minimum Gasteiger partial charge on any atom is -0.367 e. The van der Waals surface area contributed by atoms with Crippen LogP contribution in [0.2, 0.25) is 0 Å². The summed E-state index contributed by atoms with van der Waals surface area (Å²) < 4.78 is 27.1. The highest BCUT2D eigenvalue weighted by Gasteiger charge is 2.25. The van der Waals surface area contributed by atoms with Crippen LogP contribution in [0.5, 0.6) is 0 Å². The number of hydrogen-bond acceptors (Lipinski definition) is 3. The van der Waals surface area contributed by atoms with Crippen LogP contribution in [0.3, 0.4) is 0 Å². The lowest BCUT2D eigenvalue weighted by atomic mass is 10.1. The van der Waals surface area contributed by atoms with Crippen molar-refractivity contribution in [2.75, 3.05) is 36.9 Å². The summed E-state index contributed by atoms with van der Waals surface area (Å²) in [6.45, 7) is 3.49. The molecule has 0 radical (unpaired) electrons. The second kappa shape index (κ2) is 11.8. The van der Waals surface area contributed by atoms with Crippen LogP contribution in [-0.2, 0) is 11.2 Å². The van der Waals surface area contributed by atoms with E-state index < -0.39 is 11.6 Å². The third-order valence-corrected chi connectivity index (χ3v) is 4.98. The summed E-state index contributed by atoms with van der Waals surface area (Å²) in [6.07, 6.45) is 1.64. The lowest BCUT2D eigenvalue weighted by Crippen LogP contribution is -2.45. The Morgan fingerprint density at radius 2 is 1.94 bits per heavy atom. The molecule has 2 aromatic carbocycles. The predicted molar refractivity (Wildman–Crippen MR) is 131 cm³/mol. The van der Waals surface area contributed by atoms with Crippen LogP contribution in [0.25, 0.3) is 0 Å². The van der Waals surface area contributed by atoms with E-state index in [2.05, 4.69) is 20.9 Å². The number of halogens is 3. The van der Waals surface area contributed by atoms with Gasteiger partial charge in [-0.3, -0.25) is 9.79 Å². The largest absolute Gasteiger partial charge is 0.367 e. The van der Waals surface area contributed by atoms with E-state index in [1.165, 1.54) is 19.1 Å². The highest BCUT2D eigenvalue weighted by molar-refractivity contribution is 14.0. The van der Waals surface area contributed by atoms with Crippen LogP contribution >= 0.6 is 24.0 Å². The number of aliphatic imine (C=N–C) groups is 1. The van der Waals surface area contributed by atoms with Gasteiger partial charge in [0.25, 0.3) is 0 Å². The van der Waals surface area contributed by atoms with Gasteiger partial charge in [0.05, 0.1) is 5.69 Å². The third kappa shape index (κ3) is 7.34. The molecule has 9 heteroatoms. The molecule has 3 rings (SSSR count). The van der Waals surface area contributed by atoms with E-state index in [0.29, 0.717) is 31.3 Å². The number of carbonyl (C=O) groups excluding carboxylic acids is 1. The molecule has 1 saturated heterocycles. The molecule has 1 aliphatic heterocycles. The van der Waals surface area contributed by atoms with Crippen molar-refractivity contribution in [1.29, 1.82) is 0 Å². The molecule has 0 spiro atoms. The summed E-state index contributed by atoms with van der Waals surface area (Å²) in [5, 5.41) is 9.41. The minimum absolute atomic E-state index is 0. The van der Waals surface area contributed by atoms with E-state index in [-0.39, 0.29) is 35.9 Å². The van der Waals surface area contributed by atoms with Gasteiger partial charge in [0, 0.05) is 51.4 Å². The molecule has 1 atom stereocenters. The number of amides is 1. The first-order chi connectivity index (χ1) is 14.4. The number of hydrogen-bond donors (Lipinski definition) is 3. The van der Waals surface area contributed by atoms with Crippen molar-refractivity contribution < 1.29 is 13.6 Å². The highest BCUT2D eigenvalue weighted by Crippen LogP contribution is 2.24. The van der Waals surface area contributed by atoms with Crippen molar-refractivity contribution in [3.8, 4) is 0 Å². The number of nitrogens with zero attached hydrogens (tertiary/aromatic N) is 2. The molecule has 0 bridgehead atoms. The van der Waals surface area contributed by atoms with Crippen molar-refractivity contribution in [2.24, 2.45) is 4.99 Å². The Bertz CT molecular complexity index is 907. The van der Waals surface area contributed by atoms with E-state index in [1.54, 1.807) is 7.05 Å². The molecule has 1 fully saturated rings. The van der Waals surface area contributed by atoms with Crippen molar-refractivity contribution in [1.82, 2.24) is 10.6 Å². The summed E-state index contributed by atoms with van der Waals surface area (Å²) >= 11 is 0. The molecule has 1 aliphatic rings. The van der Waals surface area contributed by atoms with Gasteiger partial charge in [0.1, 0.15) is 11.6 Å². The van der Waals surface area contributed by atoms with E-state index in [1.807, 2.05) is 29.2 Å². The van der Waals surface area contributed by atoms with Gasteiger partial charge in [-0.25, -0.2) is 8.78 Å². The highest BCUT2D eigenvalue weighted by atomic mass is 127. The van der Waals surface area contributed by atoms with Gasteiger partial charge in [-0.05, 0) is 42.7 Å². The van der Waals surface area contributed by atoms with Crippen LogP contribution in [-0.4, -0.2) is 44.6 Å². The Labute approximate surface area is 198 Å². The van der Waals surface area contributed by atoms with Gasteiger partial charge in [0.15, 0.2) is 5.96 Å². The summed E-state index contributed by atoms with van der Waals surface area (Å²) in [6, 6.07) is 11.5. The van der Waals surface area contributed by atoms with Gasteiger partial charge in [-0.1, -0.05) is 12.1 Å². The summed E-state index contributed by atoms with van der Waals surface area (Å²) in [5.41, 5.74) is 2.34. The maximum Gasteiger partial charge on any atom is 0.221 e. The summed E-state index contributed by atoms with van der Waals surface area (Å²) in [5.74, 6) is -0.509. The lowest BCUT2D eigenvalue weighted by molar-refractivity contribution is -0.114. The van der Waals surface area contributed by atoms with Gasteiger partial charge in [0.2, 0.25) is 5.91 Å². The number of carbonyl (C=O) groups is 1. The fraction of sp³-hybridized carbons (Fsp3) is 0.364. The monoisotopic (exact) mass is 543 g/mol. The quantitative estimate of drug-likeness (QED) is 0.297. The zero-order valence-corrected chi connectivity index (χ0v) is 20.0. The van der Waals surface area contributed by atoms with E-state index in [0.717, 1.165) is 30.2 Å². The Morgan fingerprint density at radius 1 is 1.19 bits per heavy atom. The molecule has 1 amide bonds. The van der Waals surface area contributed by atoms with Crippen LogP contribution in [0.4, 0.5) is 20.2 Å². The van der Waals surface area contributed by atoms with E-state index in [9.17, 15) is 13.6 Å². The average molecular weight is 543 g/mol. The van der Waals surface area contributed by atoms with Crippen LogP contribution < -0.4 is 20.9 Å². The minimum atomic E-state index is -0.570. The number of anilines is 2. The topological polar surface area (TPSA) is 68.8 Å². The van der Waals surface area contributed by atoms with Gasteiger partial charge >= 0.3 is 0 Å².